The molecule has 4 nitrogen and oxygen atoms in total. The summed E-state index contributed by atoms with van der Waals surface area (Å²) in [5.74, 6) is 2.83. The molecule has 3 rings (SSSR count). The number of rotatable bonds is 3. The van der Waals surface area contributed by atoms with Crippen LogP contribution in [0.5, 0.6) is 0 Å². The fourth-order valence-electron chi connectivity index (χ4n) is 4.56. The van der Waals surface area contributed by atoms with Gasteiger partial charge in [-0.05, 0) is 25.7 Å². The molecule has 4 heteroatoms. The molecule has 33 heavy (non-hydrogen) atoms. The molecule has 1 N–H and O–H groups in total. The molecule has 2 fully saturated rings. The van der Waals surface area contributed by atoms with Crippen molar-refractivity contribution in [3.63, 3.8) is 0 Å². The normalized spacial score (nSPS) is 20.7. The Bertz CT molecular complexity index is 825. The van der Waals surface area contributed by atoms with Crippen LogP contribution in [0.25, 0.3) is 0 Å². The van der Waals surface area contributed by atoms with E-state index in [4.69, 9.17) is 15.0 Å². The van der Waals surface area contributed by atoms with Gasteiger partial charge >= 0.3 is 0 Å². The van der Waals surface area contributed by atoms with E-state index in [9.17, 15) is 0 Å². The van der Waals surface area contributed by atoms with Crippen LogP contribution in [0.1, 0.15) is 111 Å². The average Bonchev–Trinajstić information content (AvgIpc) is 2.78. The minimum absolute atomic E-state index is 0.0879. The maximum atomic E-state index is 5.24. The molecular weight excluding hydrogens is 404 g/mol. The van der Waals surface area contributed by atoms with E-state index in [1.165, 1.54) is 64.2 Å². The van der Waals surface area contributed by atoms with Gasteiger partial charge in [-0.15, -0.1) is 0 Å². The van der Waals surface area contributed by atoms with E-state index in [0.29, 0.717) is 12.1 Å². The minimum Gasteiger partial charge on any atom is -0.328 e. The second-order valence-electron chi connectivity index (χ2n) is 12.0. The van der Waals surface area contributed by atoms with Crippen LogP contribution < -0.4 is 5.32 Å². The molecule has 0 heterocycles. The molecule has 0 saturated heterocycles. The highest BCUT2D eigenvalue weighted by Crippen LogP contribution is 2.26. The average molecular weight is 451 g/mol. The number of nitrogens with zero attached hydrogens (tertiary/aromatic N) is 3. The Labute approximate surface area is 202 Å². The first kappa shape index (κ1) is 25.6. The lowest BCUT2D eigenvalue weighted by molar-refractivity contribution is 0.436. The first-order chi connectivity index (χ1) is 15.6. The van der Waals surface area contributed by atoms with Crippen molar-refractivity contribution >= 4 is 17.5 Å². The Morgan fingerprint density at radius 2 is 1.21 bits per heavy atom. The summed E-state index contributed by atoms with van der Waals surface area (Å²) in [5, 5.41) is 3.72. The lowest BCUT2D eigenvalue weighted by atomic mass is 9.92. The zero-order valence-corrected chi connectivity index (χ0v) is 22.0. The van der Waals surface area contributed by atoms with Crippen LogP contribution in [0.2, 0.25) is 0 Å². The predicted octanol–water partition coefficient (Wildman–Crippen LogP) is 7.58. The van der Waals surface area contributed by atoms with Crippen molar-refractivity contribution in [2.45, 2.75) is 118 Å². The van der Waals surface area contributed by atoms with E-state index < -0.39 is 0 Å². The molecule has 0 spiro atoms. The molecule has 182 valence electrons. The smallest absolute Gasteiger partial charge is 0.140 e. The van der Waals surface area contributed by atoms with Gasteiger partial charge < -0.3 is 5.32 Å². The minimum atomic E-state index is -0.123. The molecule has 0 amide bonds. The zero-order valence-electron chi connectivity index (χ0n) is 22.0. The number of aliphatic imine (C=N–C) groups is 3. The van der Waals surface area contributed by atoms with Crippen molar-refractivity contribution in [2.24, 2.45) is 25.8 Å². The van der Waals surface area contributed by atoms with Crippen molar-refractivity contribution in [1.82, 2.24) is 5.32 Å². The van der Waals surface area contributed by atoms with Crippen LogP contribution >= 0.6 is 0 Å². The van der Waals surface area contributed by atoms with E-state index in [1.807, 2.05) is 0 Å². The van der Waals surface area contributed by atoms with Crippen molar-refractivity contribution in [2.75, 3.05) is 0 Å². The quantitative estimate of drug-likeness (QED) is 0.374. The third-order valence-electron chi connectivity index (χ3n) is 6.65. The van der Waals surface area contributed by atoms with Crippen LogP contribution in [0.3, 0.4) is 0 Å². The SMILES string of the molecule is CC(C)(C)C(N=C(NC(=NC1CCCCC1)C(C)(C)C)c1ccccc1)=NC1CCCCC1. The molecule has 0 atom stereocenters. The van der Waals surface area contributed by atoms with Crippen molar-refractivity contribution < 1.29 is 0 Å². The van der Waals surface area contributed by atoms with E-state index in [1.54, 1.807) is 0 Å². The number of hydrogen-bond donors (Lipinski definition) is 1. The maximum absolute atomic E-state index is 5.24. The van der Waals surface area contributed by atoms with Crippen LogP contribution in [-0.4, -0.2) is 29.6 Å². The first-order valence-electron chi connectivity index (χ1n) is 13.2. The van der Waals surface area contributed by atoms with Crippen LogP contribution in [0.15, 0.2) is 45.3 Å². The summed E-state index contributed by atoms with van der Waals surface area (Å²) >= 11 is 0. The zero-order chi connectivity index (χ0) is 23.9. The highest BCUT2D eigenvalue weighted by Gasteiger charge is 2.26. The van der Waals surface area contributed by atoms with Gasteiger partial charge in [-0.1, -0.05) is 110 Å². The molecule has 2 aliphatic carbocycles. The van der Waals surface area contributed by atoms with Gasteiger partial charge in [0.05, 0.1) is 12.1 Å². The van der Waals surface area contributed by atoms with Gasteiger partial charge in [0, 0.05) is 16.4 Å². The second-order valence-corrected chi connectivity index (χ2v) is 12.0. The predicted molar refractivity (Wildman–Crippen MR) is 144 cm³/mol. The van der Waals surface area contributed by atoms with Gasteiger partial charge in [-0.25, -0.2) is 4.99 Å². The molecule has 1 aromatic rings. The Hall–Kier alpha value is -1.97. The molecule has 0 radical (unpaired) electrons. The summed E-state index contributed by atoms with van der Waals surface area (Å²) in [4.78, 5) is 15.7. The van der Waals surface area contributed by atoms with Crippen LogP contribution in [0.4, 0.5) is 0 Å². The first-order valence-corrected chi connectivity index (χ1v) is 13.2. The maximum Gasteiger partial charge on any atom is 0.140 e. The van der Waals surface area contributed by atoms with Gasteiger partial charge in [0.2, 0.25) is 0 Å². The summed E-state index contributed by atoms with van der Waals surface area (Å²) in [6, 6.07) is 11.3. The van der Waals surface area contributed by atoms with Gasteiger partial charge in [0.1, 0.15) is 17.5 Å². The van der Waals surface area contributed by atoms with Gasteiger partial charge in [-0.3, -0.25) is 9.98 Å². The number of benzene rings is 1. The van der Waals surface area contributed by atoms with Crippen molar-refractivity contribution in [3.8, 4) is 0 Å². The molecule has 2 aliphatic rings. The van der Waals surface area contributed by atoms with E-state index >= 15 is 0 Å². The number of amidine groups is 3. The number of hydrogen-bond acceptors (Lipinski definition) is 2. The summed E-state index contributed by atoms with van der Waals surface area (Å²) in [7, 11) is 0. The molecule has 0 unspecified atom stereocenters. The van der Waals surface area contributed by atoms with Crippen molar-refractivity contribution in [1.29, 1.82) is 0 Å². The molecule has 0 aromatic heterocycles. The van der Waals surface area contributed by atoms with Gasteiger partial charge in [0.25, 0.3) is 0 Å². The Morgan fingerprint density at radius 3 is 1.70 bits per heavy atom. The standard InChI is InChI=1S/C29H46N4/c1-28(2,3)26(30-23-18-12-8-13-19-23)32-25(22-16-10-7-11-17-22)33-27(29(4,5)6)31-24-20-14-9-15-21-24/h7,10-11,16-17,23-24H,8-9,12-15,18-21H2,1-6H3,(H,30,31,32,33). The lowest BCUT2D eigenvalue weighted by Gasteiger charge is -2.28. The largest absolute Gasteiger partial charge is 0.328 e. The van der Waals surface area contributed by atoms with Crippen LogP contribution in [0, 0.1) is 10.8 Å². The molecular formula is C29H46N4. The fourth-order valence-corrected chi connectivity index (χ4v) is 4.56. The Kier molecular flexibility index (Phi) is 8.89. The van der Waals surface area contributed by atoms with E-state index in [-0.39, 0.29) is 10.8 Å². The van der Waals surface area contributed by atoms with E-state index in [0.717, 1.165) is 23.1 Å². The third kappa shape index (κ3) is 8.08. The van der Waals surface area contributed by atoms with Crippen LogP contribution in [-0.2, 0) is 0 Å². The van der Waals surface area contributed by atoms with E-state index in [2.05, 4.69) is 77.2 Å². The lowest BCUT2D eigenvalue weighted by Crippen LogP contribution is -2.41. The summed E-state index contributed by atoms with van der Waals surface area (Å²) < 4.78 is 0. The third-order valence-corrected chi connectivity index (χ3v) is 6.65. The highest BCUT2D eigenvalue weighted by atomic mass is 15.1. The molecule has 2 saturated carbocycles. The van der Waals surface area contributed by atoms with Gasteiger partial charge in [-0.2, -0.15) is 0 Å². The van der Waals surface area contributed by atoms with Gasteiger partial charge in [0.15, 0.2) is 0 Å². The molecule has 1 aromatic carbocycles. The second kappa shape index (κ2) is 11.4. The monoisotopic (exact) mass is 450 g/mol. The van der Waals surface area contributed by atoms with Crippen molar-refractivity contribution in [3.05, 3.63) is 35.9 Å². The topological polar surface area (TPSA) is 49.1 Å². The molecule has 0 bridgehead atoms. The highest BCUT2D eigenvalue weighted by molar-refractivity contribution is 6.15. The Balaban J connectivity index is 2.01. The fraction of sp³-hybridized carbons (Fsp3) is 0.690. The summed E-state index contributed by atoms with van der Waals surface area (Å²) in [6.45, 7) is 13.4. The summed E-state index contributed by atoms with van der Waals surface area (Å²) in [6.07, 6.45) is 12.5. The number of nitrogens with one attached hydrogen (secondary N) is 1. The molecule has 0 aliphatic heterocycles. The summed E-state index contributed by atoms with van der Waals surface area (Å²) in [5.41, 5.74) is 0.871. The Morgan fingerprint density at radius 1 is 0.697 bits per heavy atom.